The van der Waals surface area contributed by atoms with Gasteiger partial charge in [0.05, 0.1) is 6.61 Å². The molecular formula is C12H12ClFN4O. The minimum Gasteiger partial charge on any atom is -0.463 e. The lowest BCUT2D eigenvalue weighted by molar-refractivity contribution is 0.292. The van der Waals surface area contributed by atoms with Crippen LogP contribution in [0.2, 0.25) is 5.28 Å². The third kappa shape index (κ3) is 4.03. The summed E-state index contributed by atoms with van der Waals surface area (Å²) in [5.74, 6) is -0.0658. The number of rotatable bonds is 5. The highest BCUT2D eigenvalue weighted by Gasteiger charge is 2.06. The molecule has 0 aliphatic rings. The van der Waals surface area contributed by atoms with E-state index in [1.807, 2.05) is 6.92 Å². The van der Waals surface area contributed by atoms with Crippen LogP contribution >= 0.6 is 11.6 Å². The number of benzene rings is 1. The highest BCUT2D eigenvalue weighted by atomic mass is 35.5. The molecule has 0 saturated heterocycles. The van der Waals surface area contributed by atoms with E-state index in [0.29, 0.717) is 12.3 Å². The molecule has 1 N–H and O–H groups in total. The van der Waals surface area contributed by atoms with Gasteiger partial charge in [-0.2, -0.15) is 15.0 Å². The van der Waals surface area contributed by atoms with Gasteiger partial charge in [-0.15, -0.1) is 0 Å². The van der Waals surface area contributed by atoms with Crippen LogP contribution in [0.5, 0.6) is 6.01 Å². The average molecular weight is 283 g/mol. The highest BCUT2D eigenvalue weighted by Crippen LogP contribution is 2.17. The van der Waals surface area contributed by atoms with Crippen LogP contribution < -0.4 is 10.1 Å². The van der Waals surface area contributed by atoms with E-state index in [2.05, 4.69) is 20.3 Å². The average Bonchev–Trinajstić information content (AvgIpc) is 2.38. The third-order valence-electron chi connectivity index (χ3n) is 2.12. The molecule has 2 rings (SSSR count). The van der Waals surface area contributed by atoms with E-state index >= 15 is 0 Å². The lowest BCUT2D eigenvalue weighted by Crippen LogP contribution is -2.04. The zero-order chi connectivity index (χ0) is 13.7. The first kappa shape index (κ1) is 13.5. The summed E-state index contributed by atoms with van der Waals surface area (Å²) in [6, 6.07) is 5.96. The Morgan fingerprint density at radius 2 is 1.95 bits per heavy atom. The standard InChI is InChI=1S/C12H12ClFN4O/c1-2-7-19-12-17-10(13)16-11(18-12)15-9-5-3-8(14)4-6-9/h3-6H,2,7H2,1H3,(H,15,16,17,18). The topological polar surface area (TPSA) is 59.9 Å². The Morgan fingerprint density at radius 1 is 1.21 bits per heavy atom. The summed E-state index contributed by atoms with van der Waals surface area (Å²) in [6.07, 6.45) is 0.837. The highest BCUT2D eigenvalue weighted by molar-refractivity contribution is 6.28. The van der Waals surface area contributed by atoms with Crippen molar-refractivity contribution in [3.63, 3.8) is 0 Å². The molecule has 2 aromatic rings. The lowest BCUT2D eigenvalue weighted by Gasteiger charge is -2.07. The molecule has 1 heterocycles. The largest absolute Gasteiger partial charge is 0.463 e. The van der Waals surface area contributed by atoms with Crippen molar-refractivity contribution in [2.45, 2.75) is 13.3 Å². The monoisotopic (exact) mass is 282 g/mol. The lowest BCUT2D eigenvalue weighted by atomic mass is 10.3. The second-order valence-corrected chi connectivity index (χ2v) is 4.03. The Kier molecular flexibility index (Phi) is 4.46. The predicted octanol–water partition coefficient (Wildman–Crippen LogP) is 3.20. The van der Waals surface area contributed by atoms with E-state index in [-0.39, 0.29) is 23.1 Å². The fourth-order valence-corrected chi connectivity index (χ4v) is 1.46. The molecule has 0 amide bonds. The van der Waals surface area contributed by atoms with Crippen LogP contribution in [-0.2, 0) is 0 Å². The van der Waals surface area contributed by atoms with Gasteiger partial charge in [-0.05, 0) is 42.3 Å². The maximum Gasteiger partial charge on any atom is 0.322 e. The van der Waals surface area contributed by atoms with Gasteiger partial charge in [0.2, 0.25) is 11.2 Å². The summed E-state index contributed by atoms with van der Waals surface area (Å²) in [5, 5.41) is 2.93. The van der Waals surface area contributed by atoms with Crippen molar-refractivity contribution in [2.24, 2.45) is 0 Å². The van der Waals surface area contributed by atoms with E-state index in [0.717, 1.165) is 6.42 Å². The summed E-state index contributed by atoms with van der Waals surface area (Å²) in [6.45, 7) is 2.47. The Balaban J connectivity index is 2.15. The van der Waals surface area contributed by atoms with Crippen molar-refractivity contribution in [3.05, 3.63) is 35.4 Å². The summed E-state index contributed by atoms with van der Waals surface area (Å²) < 4.78 is 18.1. The second kappa shape index (κ2) is 6.29. The fraction of sp³-hybridized carbons (Fsp3) is 0.250. The molecule has 7 heteroatoms. The van der Waals surface area contributed by atoms with Gasteiger partial charge in [0.15, 0.2) is 0 Å². The maximum atomic E-state index is 12.8. The Morgan fingerprint density at radius 3 is 2.63 bits per heavy atom. The molecule has 1 aromatic heterocycles. The van der Waals surface area contributed by atoms with Gasteiger partial charge >= 0.3 is 6.01 Å². The molecule has 0 spiro atoms. The normalized spacial score (nSPS) is 10.3. The third-order valence-corrected chi connectivity index (χ3v) is 2.29. The summed E-state index contributed by atoms with van der Waals surface area (Å²) in [4.78, 5) is 11.8. The number of halogens is 2. The first-order valence-electron chi connectivity index (χ1n) is 5.74. The quantitative estimate of drug-likeness (QED) is 0.912. The molecule has 0 atom stereocenters. The SMILES string of the molecule is CCCOc1nc(Cl)nc(Nc2ccc(F)cc2)n1. The number of anilines is 2. The van der Waals surface area contributed by atoms with Gasteiger partial charge < -0.3 is 10.1 Å². The summed E-state index contributed by atoms with van der Waals surface area (Å²) >= 11 is 5.78. The molecule has 19 heavy (non-hydrogen) atoms. The van der Waals surface area contributed by atoms with Gasteiger partial charge in [-0.3, -0.25) is 0 Å². The van der Waals surface area contributed by atoms with Crippen LogP contribution in [0.25, 0.3) is 0 Å². The number of nitrogens with zero attached hydrogens (tertiary/aromatic N) is 3. The van der Waals surface area contributed by atoms with Gasteiger partial charge in [-0.1, -0.05) is 6.92 Å². The number of hydrogen-bond acceptors (Lipinski definition) is 5. The van der Waals surface area contributed by atoms with Crippen LogP contribution in [0.1, 0.15) is 13.3 Å². The van der Waals surface area contributed by atoms with Crippen LogP contribution in [0, 0.1) is 5.82 Å². The Labute approximate surface area is 114 Å². The number of ether oxygens (including phenoxy) is 1. The van der Waals surface area contributed by atoms with Gasteiger partial charge in [-0.25, -0.2) is 4.39 Å². The minimum absolute atomic E-state index is 0.0331. The van der Waals surface area contributed by atoms with Crippen LogP contribution in [0.3, 0.4) is 0 Å². The molecule has 100 valence electrons. The summed E-state index contributed by atoms with van der Waals surface area (Å²) in [7, 11) is 0. The fourth-order valence-electron chi connectivity index (χ4n) is 1.31. The maximum absolute atomic E-state index is 12.8. The smallest absolute Gasteiger partial charge is 0.322 e. The van der Waals surface area contributed by atoms with Crippen molar-refractivity contribution < 1.29 is 9.13 Å². The summed E-state index contributed by atoms with van der Waals surface area (Å²) in [5.41, 5.74) is 0.644. The van der Waals surface area contributed by atoms with E-state index < -0.39 is 0 Å². The van der Waals surface area contributed by atoms with E-state index in [9.17, 15) is 4.39 Å². The van der Waals surface area contributed by atoms with Crippen molar-refractivity contribution in [2.75, 3.05) is 11.9 Å². The second-order valence-electron chi connectivity index (χ2n) is 3.69. The molecule has 0 unspecified atom stereocenters. The first-order chi connectivity index (χ1) is 9.17. The number of nitrogens with one attached hydrogen (secondary N) is 1. The molecule has 0 radical (unpaired) electrons. The molecule has 0 aliphatic carbocycles. The van der Waals surface area contributed by atoms with Gasteiger partial charge in [0.1, 0.15) is 5.82 Å². The predicted molar refractivity (Wildman–Crippen MR) is 70.3 cm³/mol. The molecule has 0 saturated carbocycles. The molecule has 0 fully saturated rings. The van der Waals surface area contributed by atoms with Crippen molar-refractivity contribution in [3.8, 4) is 6.01 Å². The Bertz CT molecular complexity index is 550. The number of hydrogen-bond donors (Lipinski definition) is 1. The van der Waals surface area contributed by atoms with Crippen molar-refractivity contribution >= 4 is 23.2 Å². The molecule has 0 aliphatic heterocycles. The molecule has 5 nitrogen and oxygen atoms in total. The molecular weight excluding hydrogens is 271 g/mol. The van der Waals surface area contributed by atoms with Crippen LogP contribution in [0.4, 0.5) is 16.0 Å². The number of aromatic nitrogens is 3. The van der Waals surface area contributed by atoms with E-state index in [1.165, 1.54) is 12.1 Å². The van der Waals surface area contributed by atoms with Crippen LogP contribution in [-0.4, -0.2) is 21.6 Å². The van der Waals surface area contributed by atoms with Crippen molar-refractivity contribution in [1.29, 1.82) is 0 Å². The van der Waals surface area contributed by atoms with E-state index in [1.54, 1.807) is 12.1 Å². The van der Waals surface area contributed by atoms with Gasteiger partial charge in [0, 0.05) is 5.69 Å². The van der Waals surface area contributed by atoms with Crippen LogP contribution in [0.15, 0.2) is 24.3 Å². The van der Waals surface area contributed by atoms with Gasteiger partial charge in [0.25, 0.3) is 0 Å². The minimum atomic E-state index is -0.314. The van der Waals surface area contributed by atoms with Crippen molar-refractivity contribution in [1.82, 2.24) is 15.0 Å². The zero-order valence-electron chi connectivity index (χ0n) is 10.2. The first-order valence-corrected chi connectivity index (χ1v) is 6.12. The zero-order valence-corrected chi connectivity index (χ0v) is 11.0. The molecule has 1 aromatic carbocycles. The van der Waals surface area contributed by atoms with E-state index in [4.69, 9.17) is 16.3 Å². The Hall–Kier alpha value is -1.95. The molecule has 0 bridgehead atoms.